The largest absolute Gasteiger partial charge is 0.284 e. The maximum Gasteiger partial charge on any atom is 0.229 e. The van der Waals surface area contributed by atoms with Gasteiger partial charge < -0.3 is 0 Å². The molecule has 0 atom stereocenters. The maximum absolute atomic E-state index is 13.2. The van der Waals surface area contributed by atoms with Gasteiger partial charge >= 0.3 is 0 Å². The van der Waals surface area contributed by atoms with Gasteiger partial charge in [-0.25, -0.2) is 9.37 Å². The van der Waals surface area contributed by atoms with Gasteiger partial charge in [-0.3, -0.25) is 14.7 Å². The molecule has 0 aliphatic carbocycles. The van der Waals surface area contributed by atoms with Gasteiger partial charge in [0.25, 0.3) is 0 Å². The summed E-state index contributed by atoms with van der Waals surface area (Å²) in [6.07, 6.45) is 4.63. The second-order valence-electron chi connectivity index (χ2n) is 7.21. The number of benzene rings is 2. The van der Waals surface area contributed by atoms with E-state index in [-0.39, 0.29) is 11.7 Å². The Bertz CT molecular complexity index is 1160. The molecule has 1 amide bonds. The molecule has 158 valence electrons. The van der Waals surface area contributed by atoms with Crippen LogP contribution in [0, 0.1) is 12.7 Å². The monoisotopic (exact) mass is 451 g/mol. The van der Waals surface area contributed by atoms with Crippen molar-refractivity contribution in [2.45, 2.75) is 31.2 Å². The molecule has 2 aromatic heterocycles. The average Bonchev–Trinajstić information content (AvgIpc) is 3.19. The number of pyridine rings is 1. The van der Waals surface area contributed by atoms with Crippen LogP contribution >= 0.6 is 23.1 Å². The van der Waals surface area contributed by atoms with E-state index in [0.717, 1.165) is 32.8 Å². The maximum atomic E-state index is 13.2. The van der Waals surface area contributed by atoms with Crippen LogP contribution in [0.25, 0.3) is 10.2 Å². The number of fused-ring (bicyclic) bond motifs is 1. The van der Waals surface area contributed by atoms with E-state index in [1.165, 1.54) is 17.7 Å². The highest BCUT2D eigenvalue weighted by molar-refractivity contribution is 7.99. The first-order chi connectivity index (χ1) is 15.1. The van der Waals surface area contributed by atoms with Crippen molar-refractivity contribution in [3.8, 4) is 0 Å². The van der Waals surface area contributed by atoms with E-state index in [2.05, 4.69) is 18.0 Å². The number of aryl methyl sites for hydroxylation is 1. The van der Waals surface area contributed by atoms with Crippen LogP contribution in [0.2, 0.25) is 0 Å². The van der Waals surface area contributed by atoms with Crippen LogP contribution in [0.15, 0.2) is 71.9 Å². The first-order valence-electron chi connectivity index (χ1n) is 10.0. The number of anilines is 1. The number of amides is 1. The number of halogens is 1. The Labute approximate surface area is 189 Å². The number of carbonyl (C=O) groups excluding carboxylic acids is 1. The predicted octanol–water partition coefficient (Wildman–Crippen LogP) is 6.24. The third-order valence-electron chi connectivity index (χ3n) is 4.77. The summed E-state index contributed by atoms with van der Waals surface area (Å²) in [7, 11) is 0. The van der Waals surface area contributed by atoms with Gasteiger partial charge in [0.1, 0.15) is 5.82 Å². The van der Waals surface area contributed by atoms with Crippen molar-refractivity contribution in [2.75, 3.05) is 10.7 Å². The number of thioether (sulfide) groups is 1. The normalized spacial score (nSPS) is 11.0. The van der Waals surface area contributed by atoms with Crippen molar-refractivity contribution in [3.63, 3.8) is 0 Å². The van der Waals surface area contributed by atoms with E-state index in [4.69, 9.17) is 4.98 Å². The van der Waals surface area contributed by atoms with Crippen LogP contribution in [0.4, 0.5) is 9.52 Å². The fourth-order valence-electron chi connectivity index (χ4n) is 3.15. The number of nitrogens with zero attached hydrogens (tertiary/aromatic N) is 3. The van der Waals surface area contributed by atoms with Crippen LogP contribution in [0.1, 0.15) is 24.0 Å². The minimum absolute atomic E-state index is 0.0484. The van der Waals surface area contributed by atoms with Crippen molar-refractivity contribution in [3.05, 3.63) is 83.9 Å². The fourth-order valence-corrected chi connectivity index (χ4v) is 5.08. The second kappa shape index (κ2) is 10.0. The van der Waals surface area contributed by atoms with Crippen LogP contribution in [-0.4, -0.2) is 21.6 Å². The van der Waals surface area contributed by atoms with Gasteiger partial charge in [-0.1, -0.05) is 17.4 Å². The van der Waals surface area contributed by atoms with Gasteiger partial charge in [0, 0.05) is 23.7 Å². The van der Waals surface area contributed by atoms with Gasteiger partial charge in [0.05, 0.1) is 16.8 Å². The Morgan fingerprint density at radius 2 is 1.87 bits per heavy atom. The summed E-state index contributed by atoms with van der Waals surface area (Å²) in [5.41, 5.74) is 3.09. The summed E-state index contributed by atoms with van der Waals surface area (Å²) in [4.78, 5) is 24.7. The molecule has 0 spiro atoms. The minimum atomic E-state index is -0.239. The zero-order valence-electron chi connectivity index (χ0n) is 17.1. The molecule has 0 fully saturated rings. The van der Waals surface area contributed by atoms with Gasteiger partial charge in [-0.05, 0) is 78.8 Å². The lowest BCUT2D eigenvalue weighted by molar-refractivity contribution is -0.118. The molecular formula is C24H22FN3OS2. The number of carbonyl (C=O) groups is 1. The summed E-state index contributed by atoms with van der Waals surface area (Å²) >= 11 is 3.17. The molecular weight excluding hydrogens is 429 g/mol. The molecule has 0 aliphatic rings. The first-order valence-corrected chi connectivity index (χ1v) is 11.8. The highest BCUT2D eigenvalue weighted by Crippen LogP contribution is 2.31. The van der Waals surface area contributed by atoms with Crippen molar-refractivity contribution >= 4 is 44.4 Å². The van der Waals surface area contributed by atoms with Crippen LogP contribution in [0.5, 0.6) is 0 Å². The molecule has 0 N–H and O–H groups in total. The van der Waals surface area contributed by atoms with Crippen molar-refractivity contribution in [2.24, 2.45) is 0 Å². The van der Waals surface area contributed by atoms with Gasteiger partial charge in [-0.15, -0.1) is 11.8 Å². The highest BCUT2D eigenvalue weighted by Gasteiger charge is 2.20. The van der Waals surface area contributed by atoms with E-state index in [1.807, 2.05) is 24.3 Å². The third-order valence-corrected chi connectivity index (χ3v) is 6.91. The first kappa shape index (κ1) is 21.5. The molecule has 4 nitrogen and oxygen atoms in total. The molecule has 0 bridgehead atoms. The molecule has 0 saturated carbocycles. The van der Waals surface area contributed by atoms with E-state index in [9.17, 15) is 9.18 Å². The molecule has 31 heavy (non-hydrogen) atoms. The lowest BCUT2D eigenvalue weighted by Crippen LogP contribution is -2.30. The molecule has 2 aromatic carbocycles. The molecule has 4 rings (SSSR count). The smallest absolute Gasteiger partial charge is 0.229 e. The van der Waals surface area contributed by atoms with Gasteiger partial charge in [0.15, 0.2) is 5.13 Å². The standard InChI is InChI=1S/C24H22FN3OS2/c1-17-4-9-21-22(15-17)31-24(27-21)28(16-18-10-12-26-13-11-18)23(29)3-2-14-30-20-7-5-19(25)6-8-20/h4-13,15H,2-3,14,16H2,1H3. The Kier molecular flexibility index (Phi) is 6.94. The van der Waals surface area contributed by atoms with E-state index in [0.29, 0.717) is 18.1 Å². The van der Waals surface area contributed by atoms with Crippen LogP contribution in [-0.2, 0) is 11.3 Å². The Hall–Kier alpha value is -2.77. The fraction of sp³-hybridized carbons (Fsp3) is 0.208. The Balaban J connectivity index is 1.46. The molecule has 2 heterocycles. The van der Waals surface area contributed by atoms with Crippen molar-refractivity contribution in [1.82, 2.24) is 9.97 Å². The highest BCUT2D eigenvalue weighted by atomic mass is 32.2. The zero-order chi connectivity index (χ0) is 21.6. The summed E-state index contributed by atoms with van der Waals surface area (Å²) in [6, 6.07) is 16.4. The van der Waals surface area contributed by atoms with E-state index >= 15 is 0 Å². The lowest BCUT2D eigenvalue weighted by atomic mass is 10.2. The third kappa shape index (κ3) is 5.68. The number of hydrogen-bond donors (Lipinski definition) is 0. The number of rotatable bonds is 8. The predicted molar refractivity (Wildman–Crippen MR) is 126 cm³/mol. The van der Waals surface area contributed by atoms with Crippen molar-refractivity contribution < 1.29 is 9.18 Å². The molecule has 0 radical (unpaired) electrons. The Morgan fingerprint density at radius 3 is 2.65 bits per heavy atom. The van der Waals surface area contributed by atoms with Crippen molar-refractivity contribution in [1.29, 1.82) is 0 Å². The summed E-state index contributed by atoms with van der Waals surface area (Å²) in [6.45, 7) is 2.52. The van der Waals surface area contributed by atoms with Crippen LogP contribution < -0.4 is 4.90 Å². The molecule has 4 aromatic rings. The second-order valence-corrected chi connectivity index (χ2v) is 9.39. The number of aromatic nitrogens is 2. The number of thiazole rings is 1. The average molecular weight is 452 g/mol. The minimum Gasteiger partial charge on any atom is -0.284 e. The SMILES string of the molecule is Cc1ccc2nc(N(Cc3ccncc3)C(=O)CCCSc3ccc(F)cc3)sc2c1. The molecule has 0 aliphatic heterocycles. The Morgan fingerprint density at radius 1 is 1.10 bits per heavy atom. The number of hydrogen-bond acceptors (Lipinski definition) is 5. The summed E-state index contributed by atoms with van der Waals surface area (Å²) in [5.74, 6) is 0.601. The van der Waals surface area contributed by atoms with Gasteiger partial charge in [0.2, 0.25) is 5.91 Å². The summed E-state index contributed by atoms with van der Waals surface area (Å²) < 4.78 is 14.1. The molecule has 0 unspecified atom stereocenters. The quantitative estimate of drug-likeness (QED) is 0.235. The lowest BCUT2D eigenvalue weighted by Gasteiger charge is -2.20. The zero-order valence-corrected chi connectivity index (χ0v) is 18.8. The van der Waals surface area contributed by atoms with E-state index < -0.39 is 0 Å². The molecule has 0 saturated heterocycles. The molecule has 7 heteroatoms. The summed E-state index contributed by atoms with van der Waals surface area (Å²) in [5, 5.41) is 0.716. The van der Waals surface area contributed by atoms with E-state index in [1.54, 1.807) is 52.5 Å². The van der Waals surface area contributed by atoms with Gasteiger partial charge in [-0.2, -0.15) is 0 Å². The van der Waals surface area contributed by atoms with Crippen LogP contribution in [0.3, 0.4) is 0 Å². The topological polar surface area (TPSA) is 46.1 Å².